The summed E-state index contributed by atoms with van der Waals surface area (Å²) in [5.41, 5.74) is 1.47. The fraction of sp³-hybridized carbons (Fsp3) is 0.261. The number of amides is 2. The van der Waals surface area contributed by atoms with Gasteiger partial charge in [0.05, 0.1) is 6.04 Å². The fourth-order valence-corrected chi connectivity index (χ4v) is 4.41. The molecule has 7 heteroatoms. The van der Waals surface area contributed by atoms with Crippen LogP contribution < -0.4 is 0 Å². The molecule has 0 N–H and O–H groups in total. The first kappa shape index (κ1) is 18.7. The summed E-state index contributed by atoms with van der Waals surface area (Å²) in [5.74, 6) is -1.17. The number of rotatable bonds is 5. The van der Waals surface area contributed by atoms with E-state index < -0.39 is 18.2 Å². The zero-order valence-electron chi connectivity index (χ0n) is 16.1. The van der Waals surface area contributed by atoms with Gasteiger partial charge >= 0.3 is 0 Å². The van der Waals surface area contributed by atoms with Gasteiger partial charge < -0.3 is 0 Å². The van der Waals surface area contributed by atoms with Crippen molar-refractivity contribution in [3.63, 3.8) is 0 Å². The van der Waals surface area contributed by atoms with Gasteiger partial charge in [0.2, 0.25) is 0 Å². The van der Waals surface area contributed by atoms with Gasteiger partial charge in [0, 0.05) is 11.5 Å². The highest BCUT2D eigenvalue weighted by Gasteiger charge is 2.53. The van der Waals surface area contributed by atoms with E-state index in [1.807, 2.05) is 48.6 Å². The molecule has 2 bridgehead atoms. The number of carbonyl (C=O) groups is 3. The SMILES string of the molecule is O=C(CN1C(=O)CC(=O)N1[C@@H]1[C@@H](c2ccccc2)[C@H]2C=C[C@@H]1OO2)c1ccccc1. The summed E-state index contributed by atoms with van der Waals surface area (Å²) < 4.78 is 0. The third-order valence-corrected chi connectivity index (χ3v) is 5.79. The Labute approximate surface area is 173 Å². The van der Waals surface area contributed by atoms with Gasteiger partial charge in [-0.3, -0.25) is 14.4 Å². The average Bonchev–Trinajstić information content (AvgIpc) is 3.07. The molecule has 4 atom stereocenters. The Morgan fingerprint density at radius 2 is 1.50 bits per heavy atom. The molecule has 0 spiro atoms. The molecular formula is C23H20N2O5. The van der Waals surface area contributed by atoms with Crippen molar-refractivity contribution < 1.29 is 24.2 Å². The lowest BCUT2D eigenvalue weighted by Gasteiger charge is -2.48. The number of carbonyl (C=O) groups excluding carboxylic acids is 3. The molecule has 0 radical (unpaired) electrons. The molecule has 4 aliphatic rings. The second-order valence-electron chi connectivity index (χ2n) is 7.59. The maximum Gasteiger partial charge on any atom is 0.251 e. The summed E-state index contributed by atoms with van der Waals surface area (Å²) in [6, 6.07) is 18.0. The molecule has 3 aliphatic heterocycles. The van der Waals surface area contributed by atoms with Gasteiger partial charge in [0.15, 0.2) is 5.78 Å². The maximum atomic E-state index is 12.9. The van der Waals surface area contributed by atoms with Crippen molar-refractivity contribution in [3.05, 3.63) is 83.9 Å². The highest BCUT2D eigenvalue weighted by molar-refractivity contribution is 6.06. The number of Topliss-reactive ketones (excluding diaryl/α,β-unsaturated/α-hetero) is 1. The van der Waals surface area contributed by atoms with Gasteiger partial charge in [-0.15, -0.1) is 0 Å². The quantitative estimate of drug-likeness (QED) is 0.331. The van der Waals surface area contributed by atoms with E-state index >= 15 is 0 Å². The second kappa shape index (κ2) is 7.51. The average molecular weight is 404 g/mol. The molecule has 2 saturated heterocycles. The summed E-state index contributed by atoms with van der Waals surface area (Å²) in [6.07, 6.45) is 2.58. The van der Waals surface area contributed by atoms with E-state index in [1.165, 1.54) is 10.0 Å². The lowest BCUT2D eigenvalue weighted by atomic mass is 9.79. The number of hydrogen-bond acceptors (Lipinski definition) is 5. The molecule has 2 amide bonds. The van der Waals surface area contributed by atoms with Gasteiger partial charge in [0.25, 0.3) is 11.8 Å². The van der Waals surface area contributed by atoms with Crippen LogP contribution in [0.2, 0.25) is 0 Å². The number of ketones is 1. The van der Waals surface area contributed by atoms with E-state index in [9.17, 15) is 14.4 Å². The van der Waals surface area contributed by atoms with Gasteiger partial charge in [-0.1, -0.05) is 72.8 Å². The van der Waals surface area contributed by atoms with Crippen molar-refractivity contribution in [1.29, 1.82) is 0 Å². The van der Waals surface area contributed by atoms with Crippen molar-refractivity contribution in [1.82, 2.24) is 10.0 Å². The predicted octanol–water partition coefficient (Wildman–Crippen LogP) is 2.27. The Hall–Kier alpha value is -3.29. The van der Waals surface area contributed by atoms with Crippen LogP contribution in [-0.2, 0) is 19.4 Å². The molecule has 30 heavy (non-hydrogen) atoms. The lowest BCUT2D eigenvalue weighted by molar-refractivity contribution is -0.381. The van der Waals surface area contributed by atoms with Crippen LogP contribution in [0.3, 0.4) is 0 Å². The Morgan fingerprint density at radius 1 is 0.867 bits per heavy atom. The summed E-state index contributed by atoms with van der Waals surface area (Å²) in [4.78, 5) is 49.3. The molecule has 2 aromatic carbocycles. The standard InChI is InChI=1S/C23H20N2O5/c26-17(15-7-3-1-4-8-15)14-24-20(27)13-21(28)25(24)23-19-12-11-18(29-30-19)22(23)16-9-5-2-6-10-16/h1-12,18-19,22-23H,13-14H2/t18-,19+,22+,23+/m1/s1. The minimum Gasteiger partial charge on any atom is -0.292 e. The van der Waals surface area contributed by atoms with E-state index in [1.54, 1.807) is 24.3 Å². The van der Waals surface area contributed by atoms with Crippen molar-refractivity contribution in [2.75, 3.05) is 6.54 Å². The van der Waals surface area contributed by atoms with Crippen LogP contribution in [-0.4, -0.2) is 52.4 Å². The molecule has 152 valence electrons. The zero-order chi connectivity index (χ0) is 20.7. The molecular weight excluding hydrogens is 384 g/mol. The van der Waals surface area contributed by atoms with E-state index in [-0.39, 0.29) is 36.5 Å². The first-order valence-corrected chi connectivity index (χ1v) is 9.89. The van der Waals surface area contributed by atoms with Gasteiger partial charge in [-0.25, -0.2) is 19.8 Å². The predicted molar refractivity (Wildman–Crippen MR) is 106 cm³/mol. The van der Waals surface area contributed by atoms with Crippen LogP contribution >= 0.6 is 0 Å². The smallest absolute Gasteiger partial charge is 0.251 e. The summed E-state index contributed by atoms with van der Waals surface area (Å²) >= 11 is 0. The summed E-state index contributed by atoms with van der Waals surface area (Å²) in [6.45, 7) is -0.200. The Balaban J connectivity index is 1.49. The highest BCUT2D eigenvalue weighted by Crippen LogP contribution is 2.42. The van der Waals surface area contributed by atoms with E-state index in [4.69, 9.17) is 9.78 Å². The van der Waals surface area contributed by atoms with E-state index in [2.05, 4.69) is 0 Å². The number of benzene rings is 2. The van der Waals surface area contributed by atoms with Crippen molar-refractivity contribution >= 4 is 17.6 Å². The molecule has 3 heterocycles. The topological polar surface area (TPSA) is 76.2 Å². The Kier molecular flexibility index (Phi) is 4.69. The van der Waals surface area contributed by atoms with Crippen LogP contribution in [0.4, 0.5) is 0 Å². The first-order valence-electron chi connectivity index (χ1n) is 9.89. The van der Waals surface area contributed by atoms with Gasteiger partial charge in [0.1, 0.15) is 25.2 Å². The van der Waals surface area contributed by atoms with Gasteiger partial charge in [-0.05, 0) is 5.56 Å². The molecule has 0 unspecified atom stereocenters. The normalized spacial score (nSPS) is 27.7. The van der Waals surface area contributed by atoms with Crippen LogP contribution in [0.5, 0.6) is 0 Å². The van der Waals surface area contributed by atoms with Crippen LogP contribution in [0.25, 0.3) is 0 Å². The Morgan fingerprint density at radius 3 is 2.17 bits per heavy atom. The van der Waals surface area contributed by atoms with E-state index in [0.29, 0.717) is 5.56 Å². The molecule has 6 rings (SSSR count). The van der Waals surface area contributed by atoms with Crippen molar-refractivity contribution in [3.8, 4) is 0 Å². The molecule has 7 nitrogen and oxygen atoms in total. The molecule has 2 aromatic rings. The third-order valence-electron chi connectivity index (χ3n) is 5.79. The largest absolute Gasteiger partial charge is 0.292 e. The van der Waals surface area contributed by atoms with Gasteiger partial charge in [-0.2, -0.15) is 0 Å². The molecule has 2 fully saturated rings. The van der Waals surface area contributed by atoms with Crippen LogP contribution in [0, 0.1) is 0 Å². The Bertz CT molecular complexity index is 1010. The lowest BCUT2D eigenvalue weighted by Crippen LogP contribution is -2.61. The van der Waals surface area contributed by atoms with Crippen LogP contribution in [0.15, 0.2) is 72.8 Å². The minimum atomic E-state index is -0.538. The minimum absolute atomic E-state index is 0.200. The first-order chi connectivity index (χ1) is 14.6. The van der Waals surface area contributed by atoms with Crippen LogP contribution in [0.1, 0.15) is 28.3 Å². The summed E-state index contributed by atoms with van der Waals surface area (Å²) in [5, 5.41) is 2.70. The van der Waals surface area contributed by atoms with Crippen molar-refractivity contribution in [2.45, 2.75) is 30.6 Å². The highest BCUT2D eigenvalue weighted by atomic mass is 17.2. The molecule has 0 saturated carbocycles. The molecule has 1 aliphatic carbocycles. The van der Waals surface area contributed by atoms with Crippen molar-refractivity contribution in [2.24, 2.45) is 0 Å². The number of hydrogen-bond donors (Lipinski definition) is 0. The molecule has 0 aromatic heterocycles. The number of hydrazine groups is 1. The number of nitrogens with zero attached hydrogens (tertiary/aromatic N) is 2. The zero-order valence-corrected chi connectivity index (χ0v) is 16.1. The summed E-state index contributed by atoms with van der Waals surface area (Å²) in [7, 11) is 0. The maximum absolute atomic E-state index is 12.9. The number of fused-ring (bicyclic) bond motifs is 2. The third kappa shape index (κ3) is 3.12. The fourth-order valence-electron chi connectivity index (χ4n) is 4.41. The monoisotopic (exact) mass is 404 g/mol. The second-order valence-corrected chi connectivity index (χ2v) is 7.59. The van der Waals surface area contributed by atoms with E-state index in [0.717, 1.165) is 5.56 Å².